The molecule has 0 aromatic rings. The van der Waals surface area contributed by atoms with Gasteiger partial charge in [-0.1, -0.05) is 20.8 Å². The van der Waals surface area contributed by atoms with E-state index in [1.807, 2.05) is 13.1 Å². The minimum atomic E-state index is -2.84. The molecule has 0 aromatic heterocycles. The van der Waals surface area contributed by atoms with Crippen LogP contribution in [-0.2, 0) is 15.4 Å². The molecule has 7 heteroatoms. The molecular weight excluding hydrogens is 324 g/mol. The first-order chi connectivity index (χ1) is 9.51. The zero-order valence-electron chi connectivity index (χ0n) is 15.3. The van der Waals surface area contributed by atoms with Crippen molar-refractivity contribution in [1.82, 2.24) is 4.31 Å². The summed E-state index contributed by atoms with van der Waals surface area (Å²) in [6, 6.07) is -1.11. The van der Waals surface area contributed by atoms with E-state index in [2.05, 4.69) is 20.8 Å². The predicted octanol–water partition coefficient (Wildman–Crippen LogP) is 4.18. The molecule has 1 heterocycles. The number of rotatable bonds is 4. The summed E-state index contributed by atoms with van der Waals surface area (Å²) in [5, 5.41) is -0.0473. The Balaban J connectivity index is 2.94. The first-order valence-electron chi connectivity index (χ1n) is 7.75. The summed E-state index contributed by atoms with van der Waals surface area (Å²) >= 11 is 0. The van der Waals surface area contributed by atoms with Crippen LogP contribution in [0.2, 0.25) is 18.1 Å². The number of nitrogens with zero attached hydrogens (tertiary/aromatic N) is 1. The normalized spacial score (nSPS) is 26.4. The van der Waals surface area contributed by atoms with Gasteiger partial charge in [0.15, 0.2) is 8.32 Å². The number of halogens is 2. The molecule has 1 aliphatic rings. The lowest BCUT2D eigenvalue weighted by Gasteiger charge is -2.52. The minimum absolute atomic E-state index is 0.0473. The molecule has 1 rings (SSSR count). The van der Waals surface area contributed by atoms with Crippen molar-refractivity contribution in [2.75, 3.05) is 6.54 Å². The Bertz CT molecular complexity index is 444. The van der Waals surface area contributed by atoms with E-state index in [4.69, 9.17) is 4.43 Å². The predicted molar refractivity (Wildman–Crippen MR) is 91.1 cm³/mol. The largest absolute Gasteiger partial charge is 0.412 e. The summed E-state index contributed by atoms with van der Waals surface area (Å²) in [6.07, 6.45) is -0.643. The standard InChI is InChI=1S/C15H31F2NO2SSi/c1-11(20-22(8,9)14(5,6)7)12-15(16,17)10-18(12)21(19)13(2,3)4/h11-12H,10H2,1-9H3/t11-,12-,21?/m1/s1. The average Bonchev–Trinajstić information content (AvgIpc) is 2.21. The monoisotopic (exact) mass is 355 g/mol. The summed E-state index contributed by atoms with van der Waals surface area (Å²) in [4.78, 5) is 0. The Labute approximate surface area is 137 Å². The lowest BCUT2D eigenvalue weighted by Crippen LogP contribution is -2.71. The van der Waals surface area contributed by atoms with Crippen LogP contribution in [0.15, 0.2) is 0 Å². The van der Waals surface area contributed by atoms with Crippen LogP contribution in [0.25, 0.3) is 0 Å². The highest BCUT2D eigenvalue weighted by molar-refractivity contribution is 7.84. The first kappa shape index (κ1) is 20.2. The van der Waals surface area contributed by atoms with Crippen LogP contribution >= 0.6 is 0 Å². The summed E-state index contributed by atoms with van der Waals surface area (Å²) in [5.74, 6) is -2.84. The number of alkyl halides is 2. The van der Waals surface area contributed by atoms with Gasteiger partial charge in [-0.05, 0) is 45.8 Å². The van der Waals surface area contributed by atoms with Gasteiger partial charge in [0.2, 0.25) is 0 Å². The molecule has 0 bridgehead atoms. The van der Waals surface area contributed by atoms with Crippen LogP contribution in [0.1, 0.15) is 48.5 Å². The fourth-order valence-corrected chi connectivity index (χ4v) is 5.23. The Hall–Kier alpha value is 0.147. The Morgan fingerprint density at radius 1 is 1.23 bits per heavy atom. The molecule has 1 fully saturated rings. The molecule has 0 aromatic carbocycles. The molecule has 132 valence electrons. The van der Waals surface area contributed by atoms with Crippen molar-refractivity contribution in [2.45, 2.75) is 89.4 Å². The fraction of sp³-hybridized carbons (Fsp3) is 1.00. The second kappa shape index (κ2) is 5.90. The smallest absolute Gasteiger partial charge is 0.280 e. The van der Waals surface area contributed by atoms with Crippen LogP contribution in [0.5, 0.6) is 0 Å². The summed E-state index contributed by atoms with van der Waals surface area (Å²) < 4.78 is 47.6. The quantitative estimate of drug-likeness (QED) is 0.708. The maximum Gasteiger partial charge on any atom is 0.280 e. The third-order valence-electron chi connectivity index (χ3n) is 4.58. The van der Waals surface area contributed by atoms with E-state index in [9.17, 15) is 13.0 Å². The molecule has 1 aliphatic heterocycles. The van der Waals surface area contributed by atoms with Crippen molar-refractivity contribution in [2.24, 2.45) is 0 Å². The van der Waals surface area contributed by atoms with E-state index in [-0.39, 0.29) is 5.04 Å². The van der Waals surface area contributed by atoms with Gasteiger partial charge in [0.1, 0.15) is 17.0 Å². The fourth-order valence-electron chi connectivity index (χ4n) is 2.29. The van der Waals surface area contributed by atoms with Crippen LogP contribution in [0.3, 0.4) is 0 Å². The van der Waals surface area contributed by atoms with Gasteiger partial charge in [-0.25, -0.2) is 17.3 Å². The molecular formula is C15H31F2NO2SSi. The maximum atomic E-state index is 14.1. The average molecular weight is 356 g/mol. The highest BCUT2D eigenvalue weighted by Crippen LogP contribution is 2.44. The van der Waals surface area contributed by atoms with Gasteiger partial charge in [-0.3, -0.25) is 0 Å². The van der Waals surface area contributed by atoms with Gasteiger partial charge >= 0.3 is 0 Å². The topological polar surface area (TPSA) is 29.5 Å². The first-order valence-corrected chi connectivity index (χ1v) is 11.8. The van der Waals surface area contributed by atoms with Crippen LogP contribution < -0.4 is 0 Å². The second-order valence-corrected chi connectivity index (χ2v) is 15.7. The zero-order valence-corrected chi connectivity index (χ0v) is 17.1. The van der Waals surface area contributed by atoms with E-state index in [0.717, 1.165) is 0 Å². The molecule has 0 spiro atoms. The van der Waals surface area contributed by atoms with E-state index in [1.165, 1.54) is 4.31 Å². The molecule has 0 aliphatic carbocycles. The Kier molecular flexibility index (Phi) is 5.41. The summed E-state index contributed by atoms with van der Waals surface area (Å²) in [5.41, 5.74) is 0. The molecule has 22 heavy (non-hydrogen) atoms. The van der Waals surface area contributed by atoms with Crippen molar-refractivity contribution in [1.29, 1.82) is 0 Å². The van der Waals surface area contributed by atoms with Crippen LogP contribution in [0.4, 0.5) is 8.78 Å². The Morgan fingerprint density at radius 3 is 2.00 bits per heavy atom. The van der Waals surface area contributed by atoms with Crippen molar-refractivity contribution >= 4 is 19.3 Å². The summed E-state index contributed by atoms with van der Waals surface area (Å²) in [7, 11) is -3.60. The van der Waals surface area contributed by atoms with E-state index >= 15 is 0 Å². The summed E-state index contributed by atoms with van der Waals surface area (Å²) in [6.45, 7) is 17.0. The van der Waals surface area contributed by atoms with Gasteiger partial charge in [0.25, 0.3) is 5.92 Å². The second-order valence-electron chi connectivity index (χ2n) is 8.73. The van der Waals surface area contributed by atoms with E-state index in [0.29, 0.717) is 0 Å². The maximum absolute atomic E-state index is 14.1. The number of hydrogen-bond donors (Lipinski definition) is 0. The SMILES string of the molecule is C[C@@H](O[Si](C)(C)C(C)(C)C)[C@H]1N(S(=O)C(C)(C)C)CC1(F)F. The molecule has 1 saturated heterocycles. The van der Waals surface area contributed by atoms with E-state index in [1.54, 1.807) is 27.7 Å². The molecule has 0 N–H and O–H groups in total. The molecule has 0 saturated carbocycles. The van der Waals surface area contributed by atoms with E-state index < -0.39 is 48.7 Å². The van der Waals surface area contributed by atoms with Gasteiger partial charge in [-0.2, -0.15) is 0 Å². The van der Waals surface area contributed by atoms with Gasteiger partial charge in [0, 0.05) is 0 Å². The molecule has 0 amide bonds. The molecule has 0 radical (unpaired) electrons. The van der Waals surface area contributed by atoms with Crippen molar-refractivity contribution in [3.05, 3.63) is 0 Å². The molecule has 3 nitrogen and oxygen atoms in total. The highest BCUT2D eigenvalue weighted by Gasteiger charge is 2.61. The van der Waals surface area contributed by atoms with Crippen molar-refractivity contribution in [3.63, 3.8) is 0 Å². The Morgan fingerprint density at radius 2 is 1.68 bits per heavy atom. The molecule has 1 unspecified atom stereocenters. The lowest BCUT2D eigenvalue weighted by atomic mass is 9.97. The zero-order chi connectivity index (χ0) is 17.7. The van der Waals surface area contributed by atoms with Crippen molar-refractivity contribution in [3.8, 4) is 0 Å². The molecule has 3 atom stereocenters. The number of hydrogen-bond acceptors (Lipinski definition) is 2. The van der Waals surface area contributed by atoms with Crippen LogP contribution in [0, 0.1) is 0 Å². The van der Waals surface area contributed by atoms with Gasteiger partial charge in [-0.15, -0.1) is 0 Å². The third kappa shape index (κ3) is 3.97. The lowest BCUT2D eigenvalue weighted by molar-refractivity contribution is -0.174. The van der Waals surface area contributed by atoms with Crippen molar-refractivity contribution < 1.29 is 17.4 Å². The minimum Gasteiger partial charge on any atom is -0.412 e. The van der Waals surface area contributed by atoms with Gasteiger partial charge in [0.05, 0.1) is 17.4 Å². The highest BCUT2D eigenvalue weighted by atomic mass is 32.2. The van der Waals surface area contributed by atoms with Gasteiger partial charge < -0.3 is 4.43 Å². The third-order valence-corrected chi connectivity index (χ3v) is 11.0. The van der Waals surface area contributed by atoms with Crippen LogP contribution in [-0.4, -0.2) is 46.2 Å².